The lowest BCUT2D eigenvalue weighted by Gasteiger charge is -2.14. The molecule has 0 saturated heterocycles. The Balaban J connectivity index is 1.79. The monoisotopic (exact) mass is 454 g/mol. The number of aromatic nitrogens is 1. The zero-order valence-electron chi connectivity index (χ0n) is 17.7. The molecule has 10 heteroatoms. The van der Waals surface area contributed by atoms with E-state index < -0.39 is 23.2 Å². The van der Waals surface area contributed by atoms with E-state index in [9.17, 15) is 18.4 Å². The molecule has 3 rings (SSSR count). The molecule has 0 fully saturated rings. The van der Waals surface area contributed by atoms with Crippen LogP contribution in [0.2, 0.25) is 0 Å². The second kappa shape index (κ2) is 10.2. The highest BCUT2D eigenvalue weighted by molar-refractivity contribution is 6.04. The van der Waals surface area contributed by atoms with E-state index in [1.165, 1.54) is 32.5 Å². The summed E-state index contributed by atoms with van der Waals surface area (Å²) in [5.74, 6) is -3.53. The fourth-order valence-electron chi connectivity index (χ4n) is 2.81. The molecule has 0 bridgehead atoms. The molecule has 0 unspecified atom stereocenters. The fraction of sp³-hybridized carbons (Fsp3) is 0.0870. The van der Waals surface area contributed by atoms with Crippen LogP contribution in [0.15, 0.2) is 61.3 Å². The molecule has 0 saturated carbocycles. The van der Waals surface area contributed by atoms with E-state index in [0.29, 0.717) is 17.2 Å². The van der Waals surface area contributed by atoms with Gasteiger partial charge in [0.15, 0.2) is 23.1 Å². The van der Waals surface area contributed by atoms with Crippen LogP contribution in [0, 0.1) is 11.6 Å². The van der Waals surface area contributed by atoms with Gasteiger partial charge in [0, 0.05) is 12.3 Å². The van der Waals surface area contributed by atoms with Gasteiger partial charge in [0.25, 0.3) is 5.91 Å². The molecule has 2 amide bonds. The number of rotatable bonds is 8. The van der Waals surface area contributed by atoms with Crippen molar-refractivity contribution in [3.63, 3.8) is 0 Å². The third kappa shape index (κ3) is 5.24. The van der Waals surface area contributed by atoms with Gasteiger partial charge in [0.05, 0.1) is 31.2 Å². The van der Waals surface area contributed by atoms with Crippen molar-refractivity contribution in [1.29, 1.82) is 0 Å². The van der Waals surface area contributed by atoms with Gasteiger partial charge in [-0.2, -0.15) is 0 Å². The number of amides is 2. The number of hydrogen-bond acceptors (Lipinski definition) is 6. The lowest BCUT2D eigenvalue weighted by atomic mass is 10.2. The van der Waals surface area contributed by atoms with Crippen LogP contribution >= 0.6 is 0 Å². The minimum atomic E-state index is -1.08. The SMILES string of the molecule is C=CC(=O)Nc1ccccc1Nc1ccc(C(=O)Nc2c(F)c(OC)cc(OC)c2F)cn1. The number of methoxy groups -OCH3 is 2. The van der Waals surface area contributed by atoms with Gasteiger partial charge in [-0.15, -0.1) is 0 Å². The number of ether oxygens (including phenoxy) is 2. The molecule has 8 nitrogen and oxygen atoms in total. The molecule has 0 aliphatic heterocycles. The zero-order valence-corrected chi connectivity index (χ0v) is 17.7. The van der Waals surface area contributed by atoms with E-state index in [1.54, 1.807) is 24.3 Å². The number of benzene rings is 2. The summed E-state index contributed by atoms with van der Waals surface area (Å²) in [4.78, 5) is 28.3. The molecule has 3 aromatic rings. The van der Waals surface area contributed by atoms with E-state index in [2.05, 4.69) is 27.5 Å². The maximum atomic E-state index is 14.5. The van der Waals surface area contributed by atoms with Crippen LogP contribution in [0.4, 0.5) is 31.7 Å². The van der Waals surface area contributed by atoms with Gasteiger partial charge in [0.2, 0.25) is 5.91 Å². The van der Waals surface area contributed by atoms with Crippen molar-refractivity contribution >= 4 is 34.7 Å². The number of para-hydroxylation sites is 2. The van der Waals surface area contributed by atoms with E-state index in [1.807, 2.05) is 0 Å². The first-order chi connectivity index (χ1) is 15.9. The van der Waals surface area contributed by atoms with Crippen LogP contribution in [0.5, 0.6) is 11.5 Å². The van der Waals surface area contributed by atoms with E-state index in [4.69, 9.17) is 9.47 Å². The standard InChI is InChI=1S/C23H20F2N4O4/c1-4-19(30)28-15-8-6-5-7-14(15)27-18-10-9-13(12-26-18)23(31)29-22-20(24)16(32-2)11-17(33-3)21(22)25/h4-12H,1H2,2-3H3,(H,26,27)(H,28,30)(H,29,31). The lowest BCUT2D eigenvalue weighted by molar-refractivity contribution is -0.111. The minimum Gasteiger partial charge on any atom is -0.493 e. The maximum absolute atomic E-state index is 14.5. The van der Waals surface area contributed by atoms with Crippen LogP contribution in [-0.2, 0) is 4.79 Å². The van der Waals surface area contributed by atoms with Crippen molar-refractivity contribution in [3.8, 4) is 11.5 Å². The second-order valence-electron chi connectivity index (χ2n) is 6.53. The first kappa shape index (κ1) is 23.2. The summed E-state index contributed by atoms with van der Waals surface area (Å²) in [7, 11) is 2.41. The van der Waals surface area contributed by atoms with Crippen LogP contribution < -0.4 is 25.4 Å². The van der Waals surface area contributed by atoms with Gasteiger partial charge in [0.1, 0.15) is 11.5 Å². The number of carbonyl (C=O) groups excluding carboxylic acids is 2. The number of halogens is 2. The fourth-order valence-corrected chi connectivity index (χ4v) is 2.81. The van der Waals surface area contributed by atoms with Gasteiger partial charge >= 0.3 is 0 Å². The van der Waals surface area contributed by atoms with Crippen LogP contribution in [0.3, 0.4) is 0 Å². The lowest BCUT2D eigenvalue weighted by Crippen LogP contribution is -2.15. The summed E-state index contributed by atoms with van der Waals surface area (Å²) in [5, 5.41) is 7.87. The molecular formula is C23H20F2N4O4. The normalized spacial score (nSPS) is 10.2. The third-order valence-electron chi connectivity index (χ3n) is 4.47. The molecule has 0 aliphatic carbocycles. The van der Waals surface area contributed by atoms with Gasteiger partial charge in [-0.25, -0.2) is 13.8 Å². The minimum absolute atomic E-state index is 0.0504. The predicted octanol–water partition coefficient (Wildman–Crippen LogP) is 4.50. The van der Waals surface area contributed by atoms with Gasteiger partial charge in [-0.05, 0) is 30.3 Å². The summed E-state index contributed by atoms with van der Waals surface area (Å²) in [5.41, 5.74) is 0.411. The summed E-state index contributed by atoms with van der Waals surface area (Å²) >= 11 is 0. The Hall–Kier alpha value is -4.47. The Kier molecular flexibility index (Phi) is 7.19. The number of nitrogens with one attached hydrogen (secondary N) is 3. The Morgan fingerprint density at radius 1 is 0.970 bits per heavy atom. The molecule has 0 spiro atoms. The van der Waals surface area contributed by atoms with Crippen molar-refractivity contribution in [1.82, 2.24) is 4.98 Å². The Morgan fingerprint density at radius 2 is 1.61 bits per heavy atom. The number of carbonyl (C=O) groups is 2. The van der Waals surface area contributed by atoms with E-state index in [0.717, 1.165) is 12.1 Å². The van der Waals surface area contributed by atoms with Crippen molar-refractivity contribution in [2.75, 3.05) is 30.2 Å². The predicted molar refractivity (Wildman–Crippen MR) is 120 cm³/mol. The molecular weight excluding hydrogens is 434 g/mol. The van der Waals surface area contributed by atoms with Crippen molar-refractivity contribution < 1.29 is 27.8 Å². The molecule has 1 heterocycles. The largest absolute Gasteiger partial charge is 0.493 e. The topological polar surface area (TPSA) is 102 Å². The number of nitrogens with zero attached hydrogens (tertiary/aromatic N) is 1. The zero-order chi connectivity index (χ0) is 24.0. The van der Waals surface area contributed by atoms with Crippen LogP contribution in [0.25, 0.3) is 0 Å². The highest BCUT2D eigenvalue weighted by Crippen LogP contribution is 2.35. The van der Waals surface area contributed by atoms with Crippen LogP contribution in [0.1, 0.15) is 10.4 Å². The Morgan fingerprint density at radius 3 is 2.15 bits per heavy atom. The highest BCUT2D eigenvalue weighted by Gasteiger charge is 2.22. The molecule has 3 N–H and O–H groups in total. The second-order valence-corrected chi connectivity index (χ2v) is 6.53. The molecule has 170 valence electrons. The number of anilines is 4. The number of hydrogen-bond donors (Lipinski definition) is 3. The van der Waals surface area contributed by atoms with Crippen LogP contribution in [-0.4, -0.2) is 31.0 Å². The molecule has 2 aromatic carbocycles. The van der Waals surface area contributed by atoms with Crippen molar-refractivity contribution in [2.24, 2.45) is 0 Å². The van der Waals surface area contributed by atoms with Gasteiger partial charge < -0.3 is 25.4 Å². The molecule has 0 atom stereocenters. The first-order valence-electron chi connectivity index (χ1n) is 9.54. The Labute approximate surface area is 188 Å². The smallest absolute Gasteiger partial charge is 0.257 e. The van der Waals surface area contributed by atoms with Crippen molar-refractivity contribution in [3.05, 3.63) is 78.5 Å². The molecule has 1 aromatic heterocycles. The average Bonchev–Trinajstić information content (AvgIpc) is 2.83. The van der Waals surface area contributed by atoms with Gasteiger partial charge in [-0.1, -0.05) is 18.7 Å². The molecule has 0 aliphatic rings. The van der Waals surface area contributed by atoms with E-state index >= 15 is 0 Å². The molecule has 0 radical (unpaired) electrons. The summed E-state index contributed by atoms with van der Waals surface area (Å²) in [6.45, 7) is 3.41. The molecule has 33 heavy (non-hydrogen) atoms. The Bertz CT molecular complexity index is 1170. The summed E-state index contributed by atoms with van der Waals surface area (Å²) in [6, 6.07) is 10.9. The average molecular weight is 454 g/mol. The van der Waals surface area contributed by atoms with Gasteiger partial charge in [-0.3, -0.25) is 9.59 Å². The summed E-state index contributed by atoms with van der Waals surface area (Å²) in [6.07, 6.45) is 2.38. The number of pyridine rings is 1. The van der Waals surface area contributed by atoms with Crippen molar-refractivity contribution in [2.45, 2.75) is 0 Å². The highest BCUT2D eigenvalue weighted by atomic mass is 19.1. The quantitative estimate of drug-likeness (QED) is 0.434. The van der Waals surface area contributed by atoms with E-state index in [-0.39, 0.29) is 23.0 Å². The third-order valence-corrected chi connectivity index (χ3v) is 4.47. The summed E-state index contributed by atoms with van der Waals surface area (Å²) < 4.78 is 38.7. The first-order valence-corrected chi connectivity index (χ1v) is 9.54. The maximum Gasteiger partial charge on any atom is 0.257 e.